The fraction of sp³-hybridized carbons (Fsp3) is 0.0625. The number of rotatable bonds is 5. The van der Waals surface area contributed by atoms with Crippen LogP contribution >= 0.6 is 23.8 Å². The van der Waals surface area contributed by atoms with Gasteiger partial charge in [-0.3, -0.25) is 4.79 Å². The second-order valence-electron chi connectivity index (χ2n) is 8.79. The van der Waals surface area contributed by atoms with Gasteiger partial charge in [0, 0.05) is 27.4 Å². The van der Waals surface area contributed by atoms with E-state index in [0.29, 0.717) is 27.6 Å². The third-order valence-corrected chi connectivity index (χ3v) is 7.29. The summed E-state index contributed by atoms with van der Waals surface area (Å²) < 4.78 is 7.85. The van der Waals surface area contributed by atoms with Crippen molar-refractivity contribution in [1.29, 1.82) is 0 Å². The molecule has 0 fully saturated rings. The minimum Gasteiger partial charge on any atom is -0.494 e. The van der Waals surface area contributed by atoms with Gasteiger partial charge in [-0.05, 0) is 54.4 Å². The van der Waals surface area contributed by atoms with Gasteiger partial charge in [0.1, 0.15) is 5.75 Å². The molecule has 1 aliphatic carbocycles. The van der Waals surface area contributed by atoms with Crippen LogP contribution < -0.4 is 4.74 Å². The Morgan fingerprint density at radius 3 is 2.00 bits per heavy atom. The van der Waals surface area contributed by atoms with Crippen LogP contribution in [0.3, 0.4) is 0 Å². The first kappa shape index (κ1) is 23.4. The number of ketones is 1. The molecule has 180 valence electrons. The number of hydrogen-bond donors (Lipinski definition) is 0. The largest absolute Gasteiger partial charge is 0.494 e. The summed E-state index contributed by atoms with van der Waals surface area (Å²) in [7, 11) is 0. The van der Waals surface area contributed by atoms with E-state index in [1.165, 1.54) is 0 Å². The number of halogens is 1. The normalized spacial score (nSPS) is 12.3. The van der Waals surface area contributed by atoms with Crippen molar-refractivity contribution in [2.75, 3.05) is 6.61 Å². The number of ether oxygens (including phenoxy) is 1. The lowest BCUT2D eigenvalue weighted by molar-refractivity contribution is 0.103. The van der Waals surface area contributed by atoms with Gasteiger partial charge in [-0.2, -0.15) is 0 Å². The number of hydrogen-bond acceptors (Lipinski definition) is 3. The van der Waals surface area contributed by atoms with Crippen molar-refractivity contribution in [3.8, 4) is 34.0 Å². The Hall–Kier alpha value is -3.99. The summed E-state index contributed by atoms with van der Waals surface area (Å²) in [6.07, 6.45) is 0. The summed E-state index contributed by atoms with van der Waals surface area (Å²) in [5, 5.41) is 0.643. The molecule has 0 saturated heterocycles. The second kappa shape index (κ2) is 9.47. The standard InChI is InChI=1S/C32H22ClNO2S/c1-2-36-24-18-16-23(17-19-24)34-29(20-8-4-3-5-9-20)27-28(30(34)21-12-14-22(33)15-13-21)32(37)26-11-7-6-10-25(26)31(27)35/h3-19H,2H2,1H3. The van der Waals surface area contributed by atoms with Crippen LogP contribution in [0.1, 0.15) is 34.0 Å². The first-order valence-electron chi connectivity index (χ1n) is 12.1. The van der Waals surface area contributed by atoms with E-state index in [-0.39, 0.29) is 5.78 Å². The second-order valence-corrected chi connectivity index (χ2v) is 9.63. The fourth-order valence-electron chi connectivity index (χ4n) is 5.03. The molecule has 0 N–H and O–H groups in total. The fourth-order valence-corrected chi connectivity index (χ4v) is 5.53. The summed E-state index contributed by atoms with van der Waals surface area (Å²) in [4.78, 5) is 14.8. The minimum atomic E-state index is -0.0297. The maximum atomic E-state index is 14.2. The lowest BCUT2D eigenvalue weighted by Crippen LogP contribution is -2.19. The van der Waals surface area contributed by atoms with Crippen LogP contribution in [-0.4, -0.2) is 21.8 Å². The summed E-state index contributed by atoms with van der Waals surface area (Å²) >= 11 is 12.4. The van der Waals surface area contributed by atoms with Crippen molar-refractivity contribution in [2.24, 2.45) is 0 Å². The van der Waals surface area contributed by atoms with Crippen LogP contribution in [0.2, 0.25) is 5.02 Å². The Morgan fingerprint density at radius 2 is 1.32 bits per heavy atom. The molecule has 0 saturated carbocycles. The Bertz CT molecular complexity index is 1650. The van der Waals surface area contributed by atoms with Gasteiger partial charge in [0.15, 0.2) is 5.78 Å². The Morgan fingerprint density at radius 1 is 0.730 bits per heavy atom. The molecular weight excluding hydrogens is 498 g/mol. The van der Waals surface area contributed by atoms with E-state index in [0.717, 1.165) is 45.1 Å². The van der Waals surface area contributed by atoms with E-state index < -0.39 is 0 Å². The highest BCUT2D eigenvalue weighted by molar-refractivity contribution is 7.81. The zero-order valence-corrected chi connectivity index (χ0v) is 21.6. The van der Waals surface area contributed by atoms with E-state index >= 15 is 0 Å². The quantitative estimate of drug-likeness (QED) is 0.215. The molecule has 3 nitrogen and oxygen atoms in total. The highest BCUT2D eigenvalue weighted by atomic mass is 35.5. The molecule has 0 unspecified atom stereocenters. The van der Waals surface area contributed by atoms with Gasteiger partial charge in [0.05, 0.1) is 28.4 Å². The number of benzene rings is 4. The number of aromatic nitrogens is 1. The number of carbonyl (C=O) groups excluding carboxylic acids is 1. The summed E-state index contributed by atoms with van der Waals surface area (Å²) in [6, 6.07) is 33.2. The Balaban J connectivity index is 1.75. The van der Waals surface area contributed by atoms with Crippen LogP contribution in [-0.2, 0) is 0 Å². The molecule has 5 heteroatoms. The zero-order chi connectivity index (χ0) is 25.5. The molecule has 5 aromatic rings. The van der Waals surface area contributed by atoms with E-state index in [1.807, 2.05) is 110 Å². The average Bonchev–Trinajstić information content (AvgIpc) is 3.30. The topological polar surface area (TPSA) is 31.2 Å². The summed E-state index contributed by atoms with van der Waals surface area (Å²) in [5.41, 5.74) is 7.24. The summed E-state index contributed by atoms with van der Waals surface area (Å²) in [5.74, 6) is 0.759. The predicted molar refractivity (Wildman–Crippen MR) is 153 cm³/mol. The molecule has 0 aliphatic heterocycles. The maximum absolute atomic E-state index is 14.2. The number of nitrogens with zero attached hydrogens (tertiary/aromatic N) is 1. The first-order valence-corrected chi connectivity index (χ1v) is 12.9. The Kier molecular flexibility index (Phi) is 5.99. The van der Waals surface area contributed by atoms with Gasteiger partial charge in [-0.25, -0.2) is 0 Å². The van der Waals surface area contributed by atoms with Gasteiger partial charge in [-0.1, -0.05) is 90.5 Å². The van der Waals surface area contributed by atoms with Crippen molar-refractivity contribution in [2.45, 2.75) is 6.92 Å². The third kappa shape index (κ3) is 3.90. The number of carbonyl (C=O) groups is 1. The van der Waals surface area contributed by atoms with Crippen LogP contribution in [0.15, 0.2) is 103 Å². The van der Waals surface area contributed by atoms with Gasteiger partial charge in [-0.15, -0.1) is 0 Å². The number of thiocarbonyl (C=S) groups is 1. The van der Waals surface area contributed by atoms with Crippen LogP contribution in [0.25, 0.3) is 28.2 Å². The molecule has 0 atom stereocenters. The molecule has 37 heavy (non-hydrogen) atoms. The first-order chi connectivity index (χ1) is 18.1. The summed E-state index contributed by atoms with van der Waals surface area (Å²) in [6.45, 7) is 2.55. The average molecular weight is 520 g/mol. The molecule has 0 radical (unpaired) electrons. The van der Waals surface area contributed by atoms with Crippen molar-refractivity contribution in [1.82, 2.24) is 4.57 Å². The highest BCUT2D eigenvalue weighted by Gasteiger charge is 2.37. The van der Waals surface area contributed by atoms with E-state index in [1.54, 1.807) is 0 Å². The highest BCUT2D eigenvalue weighted by Crippen LogP contribution is 2.45. The van der Waals surface area contributed by atoms with Gasteiger partial charge >= 0.3 is 0 Å². The van der Waals surface area contributed by atoms with Crippen LogP contribution in [0, 0.1) is 0 Å². The molecule has 0 bridgehead atoms. The number of fused-ring (bicyclic) bond motifs is 2. The Labute approximate surface area is 225 Å². The maximum Gasteiger partial charge on any atom is 0.196 e. The SMILES string of the molecule is CCOc1ccc(-n2c(-c3ccccc3)c3c(c2-c2ccc(Cl)cc2)C(=S)c2ccccc2C3=O)cc1. The lowest BCUT2D eigenvalue weighted by atomic mass is 9.83. The molecule has 1 aliphatic rings. The molecule has 0 spiro atoms. The minimum absolute atomic E-state index is 0.0297. The molecule has 4 aromatic carbocycles. The van der Waals surface area contributed by atoms with E-state index in [4.69, 9.17) is 28.6 Å². The predicted octanol–water partition coefficient (Wildman–Crippen LogP) is 8.17. The molecule has 0 amide bonds. The van der Waals surface area contributed by atoms with Gasteiger partial charge < -0.3 is 9.30 Å². The van der Waals surface area contributed by atoms with Crippen LogP contribution in [0.4, 0.5) is 0 Å². The smallest absolute Gasteiger partial charge is 0.196 e. The molecule has 6 rings (SSSR count). The van der Waals surface area contributed by atoms with Crippen molar-refractivity contribution in [3.05, 3.63) is 130 Å². The van der Waals surface area contributed by atoms with Crippen molar-refractivity contribution >= 4 is 34.5 Å². The third-order valence-electron chi connectivity index (χ3n) is 6.61. The lowest BCUT2D eigenvalue weighted by Gasteiger charge is -2.18. The van der Waals surface area contributed by atoms with Gasteiger partial charge in [0.2, 0.25) is 0 Å². The van der Waals surface area contributed by atoms with E-state index in [9.17, 15) is 4.79 Å². The molecule has 1 aromatic heterocycles. The molecule has 1 heterocycles. The van der Waals surface area contributed by atoms with Crippen LogP contribution in [0.5, 0.6) is 5.75 Å². The van der Waals surface area contributed by atoms with Crippen molar-refractivity contribution < 1.29 is 9.53 Å². The van der Waals surface area contributed by atoms with Gasteiger partial charge in [0.25, 0.3) is 0 Å². The van der Waals surface area contributed by atoms with E-state index in [2.05, 4.69) is 4.57 Å². The zero-order valence-electron chi connectivity index (χ0n) is 20.1. The monoisotopic (exact) mass is 519 g/mol. The van der Waals surface area contributed by atoms with Crippen molar-refractivity contribution in [3.63, 3.8) is 0 Å². The molecular formula is C32H22ClNO2S.